The zero-order valence-corrected chi connectivity index (χ0v) is 17.4. The lowest BCUT2D eigenvalue weighted by molar-refractivity contribution is -0.148. The second-order valence-corrected chi connectivity index (χ2v) is 7.09. The summed E-state index contributed by atoms with van der Waals surface area (Å²) >= 11 is 1.45. The predicted molar refractivity (Wildman–Crippen MR) is 104 cm³/mol. The lowest BCUT2D eigenvalue weighted by Crippen LogP contribution is -2.36. The van der Waals surface area contributed by atoms with Crippen LogP contribution in [0.4, 0.5) is 0 Å². The molecule has 0 aromatic carbocycles. The molecule has 0 saturated carbocycles. The van der Waals surface area contributed by atoms with Crippen molar-refractivity contribution in [1.29, 1.82) is 0 Å². The number of hydrogen-bond acceptors (Lipinski definition) is 7. The Kier molecular flexibility index (Phi) is 7.58. The van der Waals surface area contributed by atoms with Gasteiger partial charge in [0.05, 0.1) is 0 Å². The van der Waals surface area contributed by atoms with Crippen molar-refractivity contribution < 1.29 is 14.3 Å². The molecule has 0 bridgehead atoms. The highest BCUT2D eigenvalue weighted by molar-refractivity contribution is 7.98. The molecular formula is C18H27N5O3S. The van der Waals surface area contributed by atoms with Gasteiger partial charge >= 0.3 is 5.97 Å². The molecule has 1 amide bonds. The smallest absolute Gasteiger partial charge is 0.306 e. The van der Waals surface area contributed by atoms with Gasteiger partial charge in [0.25, 0.3) is 11.7 Å². The summed E-state index contributed by atoms with van der Waals surface area (Å²) in [5.41, 5.74) is 2.67. The van der Waals surface area contributed by atoms with Crippen LogP contribution in [0.5, 0.6) is 0 Å². The minimum absolute atomic E-state index is 0.119. The SMILES string of the molecule is CCC(CC)NC(=O)COC(=O)CCc1c(C)nc2nc(SC)nn2c1C. The zero-order valence-electron chi connectivity index (χ0n) is 16.5. The fraction of sp³-hybridized carbons (Fsp3) is 0.611. The van der Waals surface area contributed by atoms with Gasteiger partial charge in [0, 0.05) is 23.9 Å². The van der Waals surface area contributed by atoms with Gasteiger partial charge in [-0.25, -0.2) is 9.50 Å². The number of carbonyl (C=O) groups excluding carboxylic acids is 2. The summed E-state index contributed by atoms with van der Waals surface area (Å²) in [5, 5.41) is 7.90. The van der Waals surface area contributed by atoms with E-state index in [1.807, 2.05) is 34.0 Å². The molecule has 8 nitrogen and oxygen atoms in total. The summed E-state index contributed by atoms with van der Waals surface area (Å²) in [6.45, 7) is 7.60. The van der Waals surface area contributed by atoms with Crippen LogP contribution in [-0.4, -0.2) is 50.4 Å². The molecule has 148 valence electrons. The number of nitrogens with one attached hydrogen (secondary N) is 1. The Morgan fingerprint density at radius 3 is 2.56 bits per heavy atom. The first-order chi connectivity index (χ1) is 12.9. The van der Waals surface area contributed by atoms with Crippen molar-refractivity contribution in [3.8, 4) is 0 Å². The van der Waals surface area contributed by atoms with Gasteiger partial charge in [0.1, 0.15) is 0 Å². The molecule has 0 fully saturated rings. The monoisotopic (exact) mass is 393 g/mol. The van der Waals surface area contributed by atoms with Crippen LogP contribution < -0.4 is 5.32 Å². The van der Waals surface area contributed by atoms with Gasteiger partial charge < -0.3 is 10.1 Å². The molecule has 1 N–H and O–H groups in total. The first-order valence-corrected chi connectivity index (χ1v) is 10.3. The van der Waals surface area contributed by atoms with E-state index in [1.54, 1.807) is 4.52 Å². The number of esters is 1. The summed E-state index contributed by atoms with van der Waals surface area (Å²) in [7, 11) is 0. The predicted octanol–water partition coefficient (Wildman–Crippen LogP) is 2.24. The molecule has 0 unspecified atom stereocenters. The summed E-state index contributed by atoms with van der Waals surface area (Å²) < 4.78 is 6.79. The fourth-order valence-corrected chi connectivity index (χ4v) is 3.18. The van der Waals surface area contributed by atoms with E-state index in [-0.39, 0.29) is 25.0 Å². The molecule has 2 aromatic rings. The summed E-state index contributed by atoms with van der Waals surface area (Å²) in [5.74, 6) is -0.115. The van der Waals surface area contributed by atoms with Crippen LogP contribution in [0.2, 0.25) is 0 Å². The van der Waals surface area contributed by atoms with Crippen molar-refractivity contribution >= 4 is 29.4 Å². The molecule has 0 aliphatic carbocycles. The van der Waals surface area contributed by atoms with E-state index in [2.05, 4.69) is 20.4 Å². The van der Waals surface area contributed by atoms with Gasteiger partial charge in [0.2, 0.25) is 5.16 Å². The Hall–Kier alpha value is -2.16. The second kappa shape index (κ2) is 9.68. The van der Waals surface area contributed by atoms with Crippen molar-refractivity contribution in [2.75, 3.05) is 12.9 Å². The Balaban J connectivity index is 1.94. The van der Waals surface area contributed by atoms with Gasteiger partial charge in [-0.15, -0.1) is 5.10 Å². The maximum atomic E-state index is 12.0. The number of amides is 1. The van der Waals surface area contributed by atoms with Crippen LogP contribution in [0.1, 0.15) is 50.1 Å². The number of fused-ring (bicyclic) bond motifs is 1. The molecule has 2 heterocycles. The third-order valence-corrected chi connectivity index (χ3v) is 5.04. The van der Waals surface area contributed by atoms with Crippen molar-refractivity contribution in [3.63, 3.8) is 0 Å². The van der Waals surface area contributed by atoms with Crippen molar-refractivity contribution in [2.24, 2.45) is 0 Å². The number of rotatable bonds is 9. The number of carbonyl (C=O) groups is 2. The normalized spacial score (nSPS) is 11.2. The maximum Gasteiger partial charge on any atom is 0.306 e. The molecule has 2 rings (SSSR count). The Morgan fingerprint density at radius 1 is 1.22 bits per heavy atom. The van der Waals surface area contributed by atoms with E-state index in [4.69, 9.17) is 4.74 Å². The minimum atomic E-state index is -0.406. The highest BCUT2D eigenvalue weighted by atomic mass is 32.2. The molecule has 0 aliphatic rings. The average Bonchev–Trinajstić information content (AvgIpc) is 3.07. The summed E-state index contributed by atoms with van der Waals surface area (Å²) in [6, 6.07) is 0.119. The van der Waals surface area contributed by atoms with Gasteiger partial charge in [0.15, 0.2) is 6.61 Å². The standard InChI is InChI=1S/C18H27N5O3S/c1-6-13(7-2)20-15(24)10-26-16(25)9-8-14-11(3)19-17-21-18(27-5)22-23(17)12(14)4/h13H,6-10H2,1-5H3,(H,20,24). The van der Waals surface area contributed by atoms with E-state index in [0.29, 0.717) is 17.4 Å². The molecule has 9 heteroatoms. The van der Waals surface area contributed by atoms with E-state index >= 15 is 0 Å². The highest BCUT2D eigenvalue weighted by Gasteiger charge is 2.16. The van der Waals surface area contributed by atoms with Gasteiger partial charge in [-0.2, -0.15) is 4.98 Å². The summed E-state index contributed by atoms with van der Waals surface area (Å²) in [6.07, 6.45) is 4.27. The average molecular weight is 394 g/mol. The second-order valence-electron chi connectivity index (χ2n) is 6.31. The molecule has 0 spiro atoms. The molecular weight excluding hydrogens is 366 g/mol. The van der Waals surface area contributed by atoms with Crippen LogP contribution in [0, 0.1) is 13.8 Å². The van der Waals surface area contributed by atoms with Crippen LogP contribution >= 0.6 is 11.8 Å². The van der Waals surface area contributed by atoms with Gasteiger partial charge in [-0.05, 0) is 44.9 Å². The molecule has 2 aromatic heterocycles. The van der Waals surface area contributed by atoms with Crippen molar-refractivity contribution in [3.05, 3.63) is 17.0 Å². The van der Waals surface area contributed by atoms with Crippen LogP contribution in [-0.2, 0) is 20.7 Å². The van der Waals surface area contributed by atoms with Crippen molar-refractivity contribution in [1.82, 2.24) is 24.9 Å². The molecule has 0 aliphatic heterocycles. The van der Waals surface area contributed by atoms with Crippen LogP contribution in [0.15, 0.2) is 5.16 Å². The van der Waals surface area contributed by atoms with Crippen molar-refractivity contribution in [2.45, 2.75) is 64.6 Å². The Bertz CT molecular complexity index is 817. The zero-order chi connectivity index (χ0) is 20.0. The van der Waals surface area contributed by atoms with E-state index in [1.165, 1.54) is 11.8 Å². The van der Waals surface area contributed by atoms with E-state index in [9.17, 15) is 9.59 Å². The first kappa shape index (κ1) is 21.1. The number of ether oxygens (including phenoxy) is 1. The van der Waals surface area contributed by atoms with Crippen LogP contribution in [0.3, 0.4) is 0 Å². The Labute approximate surface area is 163 Å². The molecule has 0 radical (unpaired) electrons. The van der Waals surface area contributed by atoms with Gasteiger partial charge in [-0.3, -0.25) is 9.59 Å². The first-order valence-electron chi connectivity index (χ1n) is 9.11. The highest BCUT2D eigenvalue weighted by Crippen LogP contribution is 2.18. The maximum absolute atomic E-state index is 12.0. The van der Waals surface area contributed by atoms with E-state index in [0.717, 1.165) is 29.8 Å². The van der Waals surface area contributed by atoms with Crippen LogP contribution in [0.25, 0.3) is 5.78 Å². The quantitative estimate of drug-likeness (QED) is 0.515. The fourth-order valence-electron chi connectivity index (χ4n) is 2.85. The number of aromatic nitrogens is 4. The topological polar surface area (TPSA) is 98.5 Å². The van der Waals surface area contributed by atoms with Gasteiger partial charge in [-0.1, -0.05) is 25.6 Å². The molecule has 0 atom stereocenters. The number of hydrogen-bond donors (Lipinski definition) is 1. The minimum Gasteiger partial charge on any atom is -0.456 e. The lowest BCUT2D eigenvalue weighted by atomic mass is 10.1. The third kappa shape index (κ3) is 5.41. The molecule has 27 heavy (non-hydrogen) atoms. The third-order valence-electron chi connectivity index (χ3n) is 4.51. The Morgan fingerprint density at radius 2 is 1.93 bits per heavy atom. The van der Waals surface area contributed by atoms with E-state index < -0.39 is 5.97 Å². The molecule has 0 saturated heterocycles. The number of aryl methyl sites for hydroxylation is 2. The number of nitrogens with zero attached hydrogens (tertiary/aromatic N) is 4. The number of thioether (sulfide) groups is 1. The largest absolute Gasteiger partial charge is 0.456 e. The lowest BCUT2D eigenvalue weighted by Gasteiger charge is -2.14. The summed E-state index contributed by atoms with van der Waals surface area (Å²) in [4.78, 5) is 32.6.